The molecule has 186 valence electrons. The summed E-state index contributed by atoms with van der Waals surface area (Å²) in [6.45, 7) is 5.71. The molecular weight excluding hydrogens is 491 g/mol. The molecule has 0 saturated carbocycles. The van der Waals surface area contributed by atoms with Crippen molar-refractivity contribution in [2.24, 2.45) is 0 Å². The molecule has 2 N–H and O–H groups in total. The molecule has 0 aliphatic carbocycles. The predicted octanol–water partition coefficient (Wildman–Crippen LogP) is 6.80. The highest BCUT2D eigenvalue weighted by atomic mass is 35.5. The number of nitrogens with one attached hydrogen (secondary N) is 2. The molecule has 0 spiro atoms. The first kappa shape index (κ1) is 24.8. The number of anilines is 1. The van der Waals surface area contributed by atoms with Crippen LogP contribution in [0.5, 0.6) is 0 Å². The molecular formula is C28H30Cl2N6. The van der Waals surface area contributed by atoms with Crippen molar-refractivity contribution in [3.8, 4) is 22.6 Å². The molecule has 0 atom stereocenters. The van der Waals surface area contributed by atoms with Gasteiger partial charge < -0.3 is 15.2 Å². The lowest BCUT2D eigenvalue weighted by molar-refractivity contribution is 0.430. The molecule has 0 unspecified atom stereocenters. The number of rotatable bonds is 8. The zero-order chi connectivity index (χ0) is 24.9. The summed E-state index contributed by atoms with van der Waals surface area (Å²) in [5.41, 5.74) is 4.81. The van der Waals surface area contributed by atoms with E-state index in [1.54, 1.807) is 0 Å². The van der Waals surface area contributed by atoms with Crippen molar-refractivity contribution in [1.29, 1.82) is 0 Å². The van der Waals surface area contributed by atoms with Crippen molar-refractivity contribution in [3.05, 3.63) is 82.2 Å². The fourth-order valence-corrected chi connectivity index (χ4v) is 5.07. The van der Waals surface area contributed by atoms with E-state index in [4.69, 9.17) is 33.2 Å². The Bertz CT molecular complexity index is 1320. The van der Waals surface area contributed by atoms with Crippen LogP contribution < -0.4 is 10.6 Å². The molecule has 3 heterocycles. The number of piperidine rings is 1. The van der Waals surface area contributed by atoms with Crippen LogP contribution in [0, 0.1) is 0 Å². The van der Waals surface area contributed by atoms with Crippen molar-refractivity contribution < 1.29 is 0 Å². The highest BCUT2D eigenvalue weighted by Gasteiger charge is 2.27. The zero-order valence-corrected chi connectivity index (χ0v) is 21.9. The van der Waals surface area contributed by atoms with E-state index >= 15 is 0 Å². The second-order valence-corrected chi connectivity index (χ2v) is 9.89. The van der Waals surface area contributed by atoms with E-state index in [1.165, 1.54) is 5.56 Å². The molecule has 1 aliphatic rings. The van der Waals surface area contributed by atoms with Gasteiger partial charge in [0, 0.05) is 30.8 Å². The van der Waals surface area contributed by atoms with Crippen molar-refractivity contribution in [2.45, 2.75) is 45.2 Å². The Balaban J connectivity index is 1.60. The van der Waals surface area contributed by atoms with Crippen LogP contribution in [0.15, 0.2) is 60.8 Å². The number of hydrogen-bond acceptors (Lipinski definition) is 5. The average molecular weight is 521 g/mol. The van der Waals surface area contributed by atoms with E-state index < -0.39 is 0 Å². The van der Waals surface area contributed by atoms with E-state index in [9.17, 15) is 0 Å². The highest BCUT2D eigenvalue weighted by Crippen LogP contribution is 2.38. The molecule has 1 saturated heterocycles. The van der Waals surface area contributed by atoms with Gasteiger partial charge in [-0.05, 0) is 56.1 Å². The fraction of sp³-hybridized carbons (Fsp3) is 0.321. The van der Waals surface area contributed by atoms with Crippen LogP contribution >= 0.6 is 23.2 Å². The molecule has 2 aromatic heterocycles. The number of aromatic nitrogens is 4. The van der Waals surface area contributed by atoms with E-state index in [0.29, 0.717) is 28.5 Å². The van der Waals surface area contributed by atoms with Crippen molar-refractivity contribution in [1.82, 2.24) is 24.8 Å². The van der Waals surface area contributed by atoms with E-state index in [2.05, 4.69) is 39.2 Å². The Morgan fingerprint density at radius 2 is 1.81 bits per heavy atom. The molecule has 36 heavy (non-hydrogen) atoms. The van der Waals surface area contributed by atoms with Gasteiger partial charge >= 0.3 is 0 Å². The predicted molar refractivity (Wildman–Crippen MR) is 148 cm³/mol. The smallest absolute Gasteiger partial charge is 0.223 e. The Labute approximate surface area is 222 Å². The van der Waals surface area contributed by atoms with Crippen LogP contribution in [-0.4, -0.2) is 32.6 Å². The van der Waals surface area contributed by atoms with Crippen LogP contribution in [0.4, 0.5) is 5.95 Å². The zero-order valence-electron chi connectivity index (χ0n) is 20.3. The molecule has 0 amide bonds. The summed E-state index contributed by atoms with van der Waals surface area (Å²) in [4.78, 5) is 14.7. The third-order valence-corrected chi connectivity index (χ3v) is 7.27. The third kappa shape index (κ3) is 5.41. The summed E-state index contributed by atoms with van der Waals surface area (Å²) in [5, 5.41) is 7.89. The van der Waals surface area contributed by atoms with Crippen molar-refractivity contribution >= 4 is 29.2 Å². The van der Waals surface area contributed by atoms with Crippen LogP contribution in [0.2, 0.25) is 10.0 Å². The minimum Gasteiger partial charge on any atom is -0.350 e. The topological polar surface area (TPSA) is 67.7 Å². The van der Waals surface area contributed by atoms with E-state index in [0.717, 1.165) is 67.4 Å². The third-order valence-electron chi connectivity index (χ3n) is 6.53. The summed E-state index contributed by atoms with van der Waals surface area (Å²) in [6, 6.07) is 17.9. The standard InChI is InChI=1S/C28H30Cl2N6/c1-2-16-36-26(24-12-15-32-28(34-24)33-18-19-6-4-3-5-7-19)25(21-8-9-22(29)23(30)17-21)35-27(36)20-10-13-31-14-11-20/h3-9,12,15,17,20,31H,2,10-11,13-14,16,18H2,1H3,(H,32,33,34). The summed E-state index contributed by atoms with van der Waals surface area (Å²) >= 11 is 12.7. The van der Waals surface area contributed by atoms with Gasteiger partial charge in [-0.2, -0.15) is 0 Å². The normalized spacial score (nSPS) is 14.2. The molecule has 4 aromatic rings. The summed E-state index contributed by atoms with van der Waals surface area (Å²) in [7, 11) is 0. The second-order valence-electron chi connectivity index (χ2n) is 9.08. The van der Waals surface area contributed by atoms with E-state index in [-0.39, 0.29) is 0 Å². The first-order valence-electron chi connectivity index (χ1n) is 12.5. The number of benzene rings is 2. The molecule has 1 fully saturated rings. The maximum atomic E-state index is 6.43. The lowest BCUT2D eigenvalue weighted by Crippen LogP contribution is -2.28. The van der Waals surface area contributed by atoms with Gasteiger partial charge in [-0.15, -0.1) is 0 Å². The minimum absolute atomic E-state index is 0.394. The Kier molecular flexibility index (Phi) is 7.85. The van der Waals surface area contributed by atoms with Gasteiger partial charge in [0.05, 0.1) is 27.1 Å². The maximum Gasteiger partial charge on any atom is 0.223 e. The number of hydrogen-bond donors (Lipinski definition) is 2. The van der Waals surface area contributed by atoms with Crippen molar-refractivity contribution in [2.75, 3.05) is 18.4 Å². The van der Waals surface area contributed by atoms with Crippen LogP contribution in [0.3, 0.4) is 0 Å². The van der Waals surface area contributed by atoms with Gasteiger partial charge in [0.15, 0.2) is 0 Å². The number of nitrogens with zero attached hydrogens (tertiary/aromatic N) is 4. The number of imidazole rings is 1. The minimum atomic E-state index is 0.394. The first-order valence-corrected chi connectivity index (χ1v) is 13.3. The monoisotopic (exact) mass is 520 g/mol. The fourth-order valence-electron chi connectivity index (χ4n) is 4.77. The van der Waals surface area contributed by atoms with Gasteiger partial charge in [-0.1, -0.05) is 66.5 Å². The van der Waals surface area contributed by atoms with Crippen LogP contribution in [-0.2, 0) is 13.1 Å². The summed E-state index contributed by atoms with van der Waals surface area (Å²) in [5.74, 6) is 2.10. The molecule has 1 aliphatic heterocycles. The molecule has 2 aromatic carbocycles. The first-order chi connectivity index (χ1) is 17.6. The molecule has 5 rings (SSSR count). The lowest BCUT2D eigenvalue weighted by Gasteiger charge is -2.23. The Morgan fingerprint density at radius 1 is 1.00 bits per heavy atom. The summed E-state index contributed by atoms with van der Waals surface area (Å²) in [6.07, 6.45) is 4.93. The Hall–Kier alpha value is -2.93. The van der Waals surface area contributed by atoms with Gasteiger partial charge in [-0.3, -0.25) is 0 Å². The largest absolute Gasteiger partial charge is 0.350 e. The van der Waals surface area contributed by atoms with Crippen molar-refractivity contribution in [3.63, 3.8) is 0 Å². The van der Waals surface area contributed by atoms with Gasteiger partial charge in [0.2, 0.25) is 5.95 Å². The molecule has 0 radical (unpaired) electrons. The van der Waals surface area contributed by atoms with Crippen LogP contribution in [0.25, 0.3) is 22.6 Å². The van der Waals surface area contributed by atoms with Gasteiger partial charge in [0.25, 0.3) is 0 Å². The molecule has 0 bridgehead atoms. The average Bonchev–Trinajstić information content (AvgIpc) is 3.30. The lowest BCUT2D eigenvalue weighted by atomic mass is 9.97. The van der Waals surface area contributed by atoms with E-state index in [1.807, 2.05) is 48.7 Å². The maximum absolute atomic E-state index is 6.43. The number of halogens is 2. The summed E-state index contributed by atoms with van der Waals surface area (Å²) < 4.78 is 2.36. The molecule has 6 nitrogen and oxygen atoms in total. The van der Waals surface area contributed by atoms with Gasteiger partial charge in [0.1, 0.15) is 5.82 Å². The molecule has 8 heteroatoms. The Morgan fingerprint density at radius 3 is 2.56 bits per heavy atom. The second kappa shape index (κ2) is 11.4. The quantitative estimate of drug-likeness (QED) is 0.267. The SMILES string of the molecule is CCCn1c(C2CCNCC2)nc(-c2ccc(Cl)c(Cl)c2)c1-c1ccnc(NCc2ccccc2)n1. The van der Waals surface area contributed by atoms with Gasteiger partial charge in [-0.25, -0.2) is 15.0 Å². The highest BCUT2D eigenvalue weighted by molar-refractivity contribution is 6.42. The van der Waals surface area contributed by atoms with Crippen LogP contribution in [0.1, 0.15) is 43.5 Å².